The number of hydrogen-bond acceptors (Lipinski definition) is 5. The molecule has 3 aromatic rings. The van der Waals surface area contributed by atoms with Gasteiger partial charge in [0.25, 0.3) is 0 Å². The predicted molar refractivity (Wildman–Crippen MR) is 89.4 cm³/mol. The fraction of sp³-hybridized carbons (Fsp3) is 0.167. The van der Waals surface area contributed by atoms with Crippen LogP contribution in [0.5, 0.6) is 5.75 Å². The van der Waals surface area contributed by atoms with Crippen molar-refractivity contribution in [1.82, 2.24) is 0 Å². The van der Waals surface area contributed by atoms with Crippen LogP contribution in [-0.2, 0) is 6.61 Å². The highest BCUT2D eigenvalue weighted by Crippen LogP contribution is 2.29. The molecule has 0 saturated carbocycles. The summed E-state index contributed by atoms with van der Waals surface area (Å²) in [5, 5.41) is 11.9. The van der Waals surface area contributed by atoms with Gasteiger partial charge in [0.2, 0.25) is 0 Å². The van der Waals surface area contributed by atoms with Crippen molar-refractivity contribution < 1.29 is 14.1 Å². The van der Waals surface area contributed by atoms with Crippen LogP contribution in [-0.4, -0.2) is 4.92 Å². The first-order valence-corrected chi connectivity index (χ1v) is 7.35. The molecule has 122 valence electrons. The van der Waals surface area contributed by atoms with Gasteiger partial charge in [0.1, 0.15) is 12.2 Å². The van der Waals surface area contributed by atoms with E-state index in [1.807, 2.05) is 19.1 Å². The Labute approximate surface area is 137 Å². The van der Waals surface area contributed by atoms with Crippen LogP contribution in [0, 0.1) is 24.0 Å². The first-order chi connectivity index (χ1) is 11.4. The standard InChI is InChI=1S/C18H15NO5/c1-11-4-6-16(15(7-11)19(21)22)23-10-13-9-18(20)24-17-8-12(2)3-5-14(13)17/h3-9H,10H2,1-2H3. The first-order valence-electron chi connectivity index (χ1n) is 7.35. The highest BCUT2D eigenvalue weighted by Gasteiger charge is 2.16. The molecule has 0 N–H and O–H groups in total. The second-order valence-electron chi connectivity index (χ2n) is 5.61. The number of nitrogens with zero attached hydrogens (tertiary/aromatic N) is 1. The summed E-state index contributed by atoms with van der Waals surface area (Å²) in [6.45, 7) is 3.71. The van der Waals surface area contributed by atoms with Crippen molar-refractivity contribution in [3.63, 3.8) is 0 Å². The number of aryl methyl sites for hydroxylation is 2. The van der Waals surface area contributed by atoms with Crippen molar-refractivity contribution in [3.8, 4) is 5.75 Å². The van der Waals surface area contributed by atoms with Gasteiger partial charge in [0, 0.05) is 23.1 Å². The van der Waals surface area contributed by atoms with E-state index in [4.69, 9.17) is 9.15 Å². The third-order valence-corrected chi connectivity index (χ3v) is 3.68. The number of fused-ring (bicyclic) bond motifs is 1. The average molecular weight is 325 g/mol. The zero-order valence-electron chi connectivity index (χ0n) is 13.2. The molecular formula is C18H15NO5. The minimum Gasteiger partial charge on any atom is -0.482 e. The zero-order chi connectivity index (χ0) is 17.3. The molecule has 24 heavy (non-hydrogen) atoms. The molecule has 0 aliphatic heterocycles. The quantitative estimate of drug-likeness (QED) is 0.413. The summed E-state index contributed by atoms with van der Waals surface area (Å²) in [6, 6.07) is 11.6. The number of nitro groups is 1. The van der Waals surface area contributed by atoms with E-state index < -0.39 is 10.5 Å². The van der Waals surface area contributed by atoms with Crippen LogP contribution in [0.2, 0.25) is 0 Å². The molecular weight excluding hydrogens is 310 g/mol. The normalized spacial score (nSPS) is 10.8. The van der Waals surface area contributed by atoms with Crippen molar-refractivity contribution in [2.24, 2.45) is 0 Å². The summed E-state index contributed by atoms with van der Waals surface area (Å²) in [5.41, 5.74) is 2.26. The number of benzene rings is 2. The largest absolute Gasteiger partial charge is 0.482 e. The maximum atomic E-state index is 11.7. The van der Waals surface area contributed by atoms with Crippen LogP contribution in [0.15, 0.2) is 51.7 Å². The van der Waals surface area contributed by atoms with Crippen molar-refractivity contribution in [2.75, 3.05) is 0 Å². The van der Waals surface area contributed by atoms with Crippen molar-refractivity contribution in [3.05, 3.63) is 79.7 Å². The van der Waals surface area contributed by atoms with E-state index >= 15 is 0 Å². The SMILES string of the molecule is Cc1ccc(OCc2cc(=O)oc3cc(C)ccc23)c([N+](=O)[O-])c1. The average Bonchev–Trinajstić information content (AvgIpc) is 2.52. The fourth-order valence-electron chi connectivity index (χ4n) is 2.50. The van der Waals surface area contributed by atoms with Crippen LogP contribution in [0.4, 0.5) is 5.69 Å². The Balaban J connectivity index is 1.97. The zero-order valence-corrected chi connectivity index (χ0v) is 13.2. The maximum absolute atomic E-state index is 11.7. The minimum absolute atomic E-state index is 0.0368. The molecule has 0 saturated heterocycles. The lowest BCUT2D eigenvalue weighted by Gasteiger charge is -2.09. The van der Waals surface area contributed by atoms with Crippen LogP contribution < -0.4 is 10.4 Å². The molecule has 0 bridgehead atoms. The monoisotopic (exact) mass is 325 g/mol. The second kappa shape index (κ2) is 6.16. The van der Waals surface area contributed by atoms with Crippen molar-refractivity contribution in [2.45, 2.75) is 20.5 Å². The topological polar surface area (TPSA) is 82.6 Å². The number of hydrogen-bond donors (Lipinski definition) is 0. The number of rotatable bonds is 4. The van der Waals surface area contributed by atoms with Gasteiger partial charge in [-0.3, -0.25) is 10.1 Å². The highest BCUT2D eigenvalue weighted by molar-refractivity contribution is 5.80. The van der Waals surface area contributed by atoms with E-state index in [0.29, 0.717) is 11.1 Å². The van der Waals surface area contributed by atoms with Gasteiger partial charge < -0.3 is 9.15 Å². The first kappa shape index (κ1) is 15.7. The third-order valence-electron chi connectivity index (χ3n) is 3.68. The summed E-state index contributed by atoms with van der Waals surface area (Å²) < 4.78 is 10.8. The van der Waals surface area contributed by atoms with E-state index in [9.17, 15) is 14.9 Å². The van der Waals surface area contributed by atoms with Crippen LogP contribution >= 0.6 is 0 Å². The lowest BCUT2D eigenvalue weighted by molar-refractivity contribution is -0.386. The highest BCUT2D eigenvalue weighted by atomic mass is 16.6. The van der Waals surface area contributed by atoms with Gasteiger partial charge in [0.15, 0.2) is 5.75 Å². The van der Waals surface area contributed by atoms with Gasteiger partial charge in [-0.05, 0) is 37.1 Å². The molecule has 0 spiro atoms. The van der Waals surface area contributed by atoms with Crippen LogP contribution in [0.1, 0.15) is 16.7 Å². The van der Waals surface area contributed by atoms with Gasteiger partial charge in [-0.1, -0.05) is 18.2 Å². The number of ether oxygens (including phenoxy) is 1. The minimum atomic E-state index is -0.483. The Hall–Kier alpha value is -3.15. The Kier molecular flexibility index (Phi) is 4.04. The molecule has 1 aromatic heterocycles. The molecule has 6 nitrogen and oxygen atoms in total. The third kappa shape index (κ3) is 3.12. The molecule has 1 heterocycles. The second-order valence-corrected chi connectivity index (χ2v) is 5.61. The van der Waals surface area contributed by atoms with Crippen molar-refractivity contribution >= 4 is 16.7 Å². The summed E-state index contributed by atoms with van der Waals surface area (Å²) >= 11 is 0. The molecule has 0 unspecified atom stereocenters. The van der Waals surface area contributed by atoms with E-state index in [1.165, 1.54) is 12.1 Å². The smallest absolute Gasteiger partial charge is 0.336 e. The van der Waals surface area contributed by atoms with Gasteiger partial charge in [-0.2, -0.15) is 0 Å². The van der Waals surface area contributed by atoms with E-state index in [1.54, 1.807) is 25.1 Å². The van der Waals surface area contributed by atoms with E-state index in [2.05, 4.69) is 0 Å². The summed E-state index contributed by atoms with van der Waals surface area (Å²) in [6.07, 6.45) is 0. The Morgan fingerprint density at radius 1 is 1.08 bits per heavy atom. The predicted octanol–water partition coefficient (Wildman–Crippen LogP) is 3.90. The maximum Gasteiger partial charge on any atom is 0.336 e. The van der Waals surface area contributed by atoms with Gasteiger partial charge in [-0.15, -0.1) is 0 Å². The molecule has 0 atom stereocenters. The molecule has 0 aliphatic rings. The molecule has 0 fully saturated rings. The Bertz CT molecular complexity index is 990. The molecule has 0 aliphatic carbocycles. The van der Waals surface area contributed by atoms with Crippen molar-refractivity contribution in [1.29, 1.82) is 0 Å². The summed E-state index contributed by atoms with van der Waals surface area (Å²) in [7, 11) is 0. The summed E-state index contributed by atoms with van der Waals surface area (Å²) in [4.78, 5) is 22.4. The molecule has 3 rings (SSSR count). The lowest BCUT2D eigenvalue weighted by atomic mass is 10.1. The molecule has 0 radical (unpaired) electrons. The van der Waals surface area contributed by atoms with Gasteiger partial charge in [-0.25, -0.2) is 4.79 Å². The van der Waals surface area contributed by atoms with E-state index in [0.717, 1.165) is 16.5 Å². The number of nitro benzene ring substituents is 1. The van der Waals surface area contributed by atoms with Gasteiger partial charge in [0.05, 0.1) is 4.92 Å². The Morgan fingerprint density at radius 2 is 1.79 bits per heavy atom. The summed E-state index contributed by atoms with van der Waals surface area (Å²) in [5.74, 6) is 0.166. The molecule has 2 aromatic carbocycles. The molecule has 6 heteroatoms. The lowest BCUT2D eigenvalue weighted by Crippen LogP contribution is -2.05. The van der Waals surface area contributed by atoms with Crippen LogP contribution in [0.3, 0.4) is 0 Å². The Morgan fingerprint density at radius 3 is 2.54 bits per heavy atom. The fourth-order valence-corrected chi connectivity index (χ4v) is 2.50. The van der Waals surface area contributed by atoms with Gasteiger partial charge >= 0.3 is 11.3 Å². The molecule has 0 amide bonds. The van der Waals surface area contributed by atoms with Crippen LogP contribution in [0.25, 0.3) is 11.0 Å². The van der Waals surface area contributed by atoms with E-state index in [-0.39, 0.29) is 18.0 Å².